The van der Waals surface area contributed by atoms with Crippen molar-refractivity contribution in [2.75, 3.05) is 6.54 Å². The van der Waals surface area contributed by atoms with E-state index < -0.39 is 0 Å². The highest BCUT2D eigenvalue weighted by Gasteiger charge is 2.50. The minimum absolute atomic E-state index is 0.236. The van der Waals surface area contributed by atoms with E-state index in [1.165, 1.54) is 5.57 Å². The summed E-state index contributed by atoms with van der Waals surface area (Å²) in [5, 5.41) is 3.16. The van der Waals surface area contributed by atoms with E-state index in [9.17, 15) is 4.79 Å². The molecule has 2 heteroatoms. The van der Waals surface area contributed by atoms with Gasteiger partial charge in [-0.1, -0.05) is 6.08 Å². The number of Topliss-reactive ketones (excluding diaryl/α,β-unsaturated/α-hetero) is 1. The molecule has 1 fully saturated rings. The van der Waals surface area contributed by atoms with Gasteiger partial charge in [-0.05, 0) is 12.5 Å². The Bertz CT molecular complexity index is 207. The van der Waals surface area contributed by atoms with E-state index in [4.69, 9.17) is 0 Å². The van der Waals surface area contributed by atoms with Crippen molar-refractivity contribution in [2.24, 2.45) is 0 Å². The van der Waals surface area contributed by atoms with Crippen LogP contribution in [0.4, 0.5) is 0 Å². The van der Waals surface area contributed by atoms with Crippen LogP contribution in [0.5, 0.6) is 0 Å². The lowest BCUT2D eigenvalue weighted by Gasteiger charge is -2.05. The number of rotatable bonds is 0. The van der Waals surface area contributed by atoms with Crippen LogP contribution in [0.25, 0.3) is 0 Å². The molecule has 2 aliphatic rings. The average molecular weight is 123 g/mol. The van der Waals surface area contributed by atoms with Crippen molar-refractivity contribution >= 4 is 5.78 Å². The maximum Gasteiger partial charge on any atom is 0.162 e. The molecule has 0 saturated carbocycles. The predicted molar refractivity (Wildman–Crippen MR) is 34.1 cm³/mol. The van der Waals surface area contributed by atoms with Crippen LogP contribution in [-0.2, 0) is 4.79 Å². The average Bonchev–Trinajstić information content (AvgIpc) is 2.29. The number of nitrogens with one attached hydrogen (secondary N) is 1. The molecule has 9 heavy (non-hydrogen) atoms. The lowest BCUT2D eigenvalue weighted by atomic mass is 10.1. The second-order valence-electron chi connectivity index (χ2n) is 2.74. The fourth-order valence-electron chi connectivity index (χ4n) is 1.45. The Kier molecular flexibility index (Phi) is 0.728. The second kappa shape index (κ2) is 1.27. The van der Waals surface area contributed by atoms with Crippen LogP contribution < -0.4 is 5.32 Å². The quantitative estimate of drug-likeness (QED) is 0.468. The monoisotopic (exact) mass is 123 g/mol. The molecule has 0 radical (unpaired) electrons. The zero-order chi connectivity index (χ0) is 6.48. The number of hydrogen-bond donors (Lipinski definition) is 1. The normalized spacial score (nSPS) is 39.7. The fraction of sp³-hybridized carbons (Fsp3) is 0.571. The molecule has 1 atom stereocenters. The molecule has 1 unspecified atom stereocenters. The molecule has 2 nitrogen and oxygen atoms in total. The highest BCUT2D eigenvalue weighted by Crippen LogP contribution is 2.38. The van der Waals surface area contributed by atoms with Crippen LogP contribution in [0.15, 0.2) is 11.6 Å². The first-order chi connectivity index (χ1) is 4.26. The van der Waals surface area contributed by atoms with Gasteiger partial charge in [-0.2, -0.15) is 0 Å². The van der Waals surface area contributed by atoms with Crippen molar-refractivity contribution in [3.8, 4) is 0 Å². The van der Waals surface area contributed by atoms with Gasteiger partial charge in [0.25, 0.3) is 0 Å². The van der Waals surface area contributed by atoms with Crippen molar-refractivity contribution in [1.29, 1.82) is 0 Å². The van der Waals surface area contributed by atoms with Crippen LogP contribution in [0, 0.1) is 0 Å². The molecule has 0 amide bonds. The number of carbonyl (C=O) groups is 1. The smallest absolute Gasteiger partial charge is 0.162 e. The predicted octanol–water partition coefficient (Wildman–Crippen LogP) is 0.248. The summed E-state index contributed by atoms with van der Waals surface area (Å²) in [5.74, 6) is 0.347. The van der Waals surface area contributed by atoms with Crippen molar-refractivity contribution < 1.29 is 4.79 Å². The summed E-state index contributed by atoms with van der Waals surface area (Å²) in [4.78, 5) is 11.1. The minimum Gasteiger partial charge on any atom is -0.298 e. The topological polar surface area (TPSA) is 29.1 Å². The van der Waals surface area contributed by atoms with Gasteiger partial charge in [0.1, 0.15) is 5.54 Å². The third kappa shape index (κ3) is 0.465. The van der Waals surface area contributed by atoms with Crippen LogP contribution in [0.3, 0.4) is 0 Å². The first-order valence-corrected chi connectivity index (χ1v) is 3.24. The molecule has 0 aromatic carbocycles. The Labute approximate surface area is 53.9 Å². The maximum atomic E-state index is 11.1. The zero-order valence-electron chi connectivity index (χ0n) is 5.40. The van der Waals surface area contributed by atoms with Gasteiger partial charge in [-0.3, -0.25) is 10.1 Å². The molecule has 1 saturated heterocycles. The van der Waals surface area contributed by atoms with E-state index in [-0.39, 0.29) is 5.54 Å². The molecule has 0 aromatic heterocycles. The van der Waals surface area contributed by atoms with E-state index in [2.05, 4.69) is 5.32 Å². The maximum absolute atomic E-state index is 11.1. The van der Waals surface area contributed by atoms with Crippen molar-refractivity contribution in [3.05, 3.63) is 11.6 Å². The van der Waals surface area contributed by atoms with Crippen molar-refractivity contribution in [3.63, 3.8) is 0 Å². The molecule has 1 aliphatic carbocycles. The molecular formula is C7H9NO. The van der Waals surface area contributed by atoms with Crippen LogP contribution in [0.2, 0.25) is 0 Å². The molecule has 48 valence electrons. The molecule has 1 N–H and O–H groups in total. The molecule has 0 aromatic rings. The van der Waals surface area contributed by atoms with Gasteiger partial charge in [-0.25, -0.2) is 0 Å². The third-order valence-corrected chi connectivity index (χ3v) is 2.17. The summed E-state index contributed by atoms with van der Waals surface area (Å²) in [7, 11) is 0. The van der Waals surface area contributed by atoms with E-state index in [1.54, 1.807) is 0 Å². The van der Waals surface area contributed by atoms with E-state index >= 15 is 0 Å². The first-order valence-electron chi connectivity index (χ1n) is 3.24. The standard InChI is InChI=1S/C7H9NO/c1-5-4-7(5)6(9)2-3-8-7/h4,8H,2-3H2,1H3. The Hall–Kier alpha value is -0.630. The van der Waals surface area contributed by atoms with Crippen LogP contribution >= 0.6 is 0 Å². The Balaban J connectivity index is 2.24. The number of ketones is 1. The molecule has 1 spiro atoms. The lowest BCUT2D eigenvalue weighted by Crippen LogP contribution is -2.32. The summed E-state index contributed by atoms with van der Waals surface area (Å²) >= 11 is 0. The lowest BCUT2D eigenvalue weighted by molar-refractivity contribution is -0.118. The third-order valence-electron chi connectivity index (χ3n) is 2.17. The summed E-state index contributed by atoms with van der Waals surface area (Å²) in [6.45, 7) is 2.85. The molecule has 0 bridgehead atoms. The summed E-state index contributed by atoms with van der Waals surface area (Å²) in [5.41, 5.74) is 0.963. The summed E-state index contributed by atoms with van der Waals surface area (Å²) in [6.07, 6.45) is 2.70. The fourth-order valence-corrected chi connectivity index (χ4v) is 1.45. The van der Waals surface area contributed by atoms with Gasteiger partial charge >= 0.3 is 0 Å². The molecule has 1 aliphatic heterocycles. The van der Waals surface area contributed by atoms with Crippen LogP contribution in [-0.4, -0.2) is 17.9 Å². The van der Waals surface area contributed by atoms with Crippen molar-refractivity contribution in [1.82, 2.24) is 5.32 Å². The van der Waals surface area contributed by atoms with Gasteiger partial charge in [0.2, 0.25) is 0 Å². The Morgan fingerprint density at radius 3 is 2.67 bits per heavy atom. The number of hydrogen-bond acceptors (Lipinski definition) is 2. The van der Waals surface area contributed by atoms with Crippen LogP contribution in [0.1, 0.15) is 13.3 Å². The SMILES string of the molecule is CC1=CC12NCCC2=O. The number of carbonyl (C=O) groups excluding carboxylic acids is 1. The largest absolute Gasteiger partial charge is 0.298 e. The summed E-state index contributed by atoms with van der Waals surface area (Å²) in [6, 6.07) is 0. The van der Waals surface area contributed by atoms with Gasteiger partial charge < -0.3 is 0 Å². The molecule has 1 heterocycles. The van der Waals surface area contributed by atoms with Gasteiger partial charge in [-0.15, -0.1) is 0 Å². The van der Waals surface area contributed by atoms with Gasteiger partial charge in [0, 0.05) is 13.0 Å². The van der Waals surface area contributed by atoms with E-state index in [0.29, 0.717) is 12.2 Å². The first kappa shape index (κ1) is 5.18. The van der Waals surface area contributed by atoms with Gasteiger partial charge in [0.15, 0.2) is 5.78 Å². The second-order valence-corrected chi connectivity index (χ2v) is 2.74. The highest BCUT2D eigenvalue weighted by atomic mass is 16.1. The van der Waals surface area contributed by atoms with E-state index in [0.717, 1.165) is 6.54 Å². The molecular weight excluding hydrogens is 114 g/mol. The van der Waals surface area contributed by atoms with Crippen molar-refractivity contribution in [2.45, 2.75) is 18.9 Å². The highest BCUT2D eigenvalue weighted by molar-refractivity contribution is 6.01. The zero-order valence-corrected chi connectivity index (χ0v) is 5.40. The Morgan fingerprint density at radius 2 is 2.44 bits per heavy atom. The Morgan fingerprint density at radius 1 is 1.78 bits per heavy atom. The van der Waals surface area contributed by atoms with E-state index in [1.807, 2.05) is 13.0 Å². The van der Waals surface area contributed by atoms with Gasteiger partial charge in [0.05, 0.1) is 0 Å². The minimum atomic E-state index is -0.236. The molecule has 2 rings (SSSR count). The summed E-state index contributed by atoms with van der Waals surface area (Å²) < 4.78 is 0.